The Morgan fingerprint density at radius 3 is 2.11 bits per heavy atom. The first-order valence-corrected chi connectivity index (χ1v) is 9.50. The highest BCUT2D eigenvalue weighted by atomic mass is 32.2. The molecule has 2 rings (SSSR count). The Morgan fingerprint density at radius 1 is 1.04 bits per heavy atom. The Morgan fingerprint density at radius 2 is 1.59 bits per heavy atom. The first kappa shape index (κ1) is 20.8. The van der Waals surface area contributed by atoms with Gasteiger partial charge in [0.1, 0.15) is 0 Å². The van der Waals surface area contributed by atoms with Crippen molar-refractivity contribution < 1.29 is 21.6 Å². The minimum absolute atomic E-state index is 0.00745. The summed E-state index contributed by atoms with van der Waals surface area (Å²) in [6.45, 7) is 5.44. The van der Waals surface area contributed by atoms with Crippen molar-refractivity contribution in [3.63, 3.8) is 0 Å². The van der Waals surface area contributed by atoms with Crippen LogP contribution in [0.5, 0.6) is 0 Å². The lowest BCUT2D eigenvalue weighted by molar-refractivity contribution is -0.0442. The third-order valence-electron chi connectivity index (χ3n) is 3.72. The van der Waals surface area contributed by atoms with Gasteiger partial charge in [-0.1, -0.05) is 48.0 Å². The second-order valence-electron chi connectivity index (χ2n) is 6.10. The summed E-state index contributed by atoms with van der Waals surface area (Å²) in [7, 11) is -5.60. The van der Waals surface area contributed by atoms with E-state index in [0.29, 0.717) is 5.69 Å². The Kier molecular flexibility index (Phi) is 6.15. The molecule has 0 aliphatic carbocycles. The summed E-state index contributed by atoms with van der Waals surface area (Å²) in [4.78, 5) is 4.01. The molecule has 5 nitrogen and oxygen atoms in total. The minimum atomic E-state index is -5.60. The molecule has 2 aromatic rings. The zero-order chi connectivity index (χ0) is 20.2. The second kappa shape index (κ2) is 7.99. The highest BCUT2D eigenvalue weighted by molar-refractivity contribution is 7.90. The van der Waals surface area contributed by atoms with E-state index in [2.05, 4.69) is 10.3 Å². The van der Waals surface area contributed by atoms with E-state index in [1.54, 1.807) is 44.2 Å². The van der Waals surface area contributed by atoms with Crippen LogP contribution in [-0.2, 0) is 16.6 Å². The number of aliphatic imine (C=N–C) groups is 1. The van der Waals surface area contributed by atoms with E-state index in [9.17, 15) is 21.6 Å². The predicted molar refractivity (Wildman–Crippen MR) is 100.0 cm³/mol. The average molecular weight is 399 g/mol. The van der Waals surface area contributed by atoms with Crippen molar-refractivity contribution in [3.05, 3.63) is 64.7 Å². The van der Waals surface area contributed by atoms with E-state index in [1.807, 2.05) is 19.1 Å². The van der Waals surface area contributed by atoms with Gasteiger partial charge in [0.15, 0.2) is 0 Å². The molecule has 2 aromatic carbocycles. The maximum absolute atomic E-state index is 12.8. The smallest absolute Gasteiger partial charge is 0.325 e. The average Bonchev–Trinajstić information content (AvgIpc) is 2.55. The number of hydrogen-bond donors (Lipinski definition) is 2. The van der Waals surface area contributed by atoms with Crippen molar-refractivity contribution in [2.75, 3.05) is 5.32 Å². The number of aryl methyl sites for hydroxylation is 3. The van der Waals surface area contributed by atoms with E-state index in [1.165, 1.54) is 4.72 Å². The van der Waals surface area contributed by atoms with Crippen molar-refractivity contribution in [2.45, 2.75) is 32.8 Å². The van der Waals surface area contributed by atoms with Gasteiger partial charge in [0.05, 0.1) is 6.54 Å². The molecule has 0 atom stereocenters. The molecule has 0 unspecified atom stereocenters. The fourth-order valence-corrected chi connectivity index (χ4v) is 3.02. The SMILES string of the molecule is Cc1cc(C)c(NC(=NCc2ccccc2)NS(=O)(=O)C(F)(F)F)c(C)c1. The van der Waals surface area contributed by atoms with Crippen LogP contribution >= 0.6 is 0 Å². The largest absolute Gasteiger partial charge is 0.516 e. The molecule has 146 valence electrons. The predicted octanol–water partition coefficient (Wildman–Crippen LogP) is 4.02. The minimum Gasteiger partial charge on any atom is -0.325 e. The van der Waals surface area contributed by atoms with Crippen molar-refractivity contribution in [1.82, 2.24) is 4.72 Å². The van der Waals surface area contributed by atoms with Crippen LogP contribution in [-0.4, -0.2) is 19.9 Å². The zero-order valence-corrected chi connectivity index (χ0v) is 15.9. The molecule has 0 saturated carbocycles. The number of alkyl halides is 3. The molecule has 0 radical (unpaired) electrons. The number of anilines is 1. The number of rotatable bonds is 4. The maximum Gasteiger partial charge on any atom is 0.516 e. The van der Waals surface area contributed by atoms with Gasteiger partial charge in [-0.2, -0.15) is 21.6 Å². The molecular weight excluding hydrogens is 379 g/mol. The van der Waals surface area contributed by atoms with Crippen LogP contribution in [0.3, 0.4) is 0 Å². The van der Waals surface area contributed by atoms with Gasteiger partial charge >= 0.3 is 15.5 Å². The number of sulfonamides is 1. The number of halogens is 3. The Bertz CT molecular complexity index is 917. The Hall–Kier alpha value is -2.55. The molecule has 27 heavy (non-hydrogen) atoms. The Labute approximate surface area is 156 Å². The first-order chi connectivity index (χ1) is 12.5. The molecule has 0 bridgehead atoms. The number of nitrogens with one attached hydrogen (secondary N) is 2. The molecule has 0 aliphatic heterocycles. The van der Waals surface area contributed by atoms with Crippen LogP contribution in [0, 0.1) is 20.8 Å². The lowest BCUT2D eigenvalue weighted by Crippen LogP contribution is -2.43. The van der Waals surface area contributed by atoms with Crippen LogP contribution in [0.4, 0.5) is 18.9 Å². The Balaban J connectivity index is 2.38. The van der Waals surface area contributed by atoms with E-state index in [0.717, 1.165) is 22.3 Å². The summed E-state index contributed by atoms with van der Waals surface area (Å²) in [5.41, 5.74) is -1.73. The van der Waals surface area contributed by atoms with Gasteiger partial charge in [0.25, 0.3) is 0 Å². The third-order valence-corrected chi connectivity index (χ3v) is 4.79. The normalized spacial score (nSPS) is 12.7. The summed E-state index contributed by atoms with van der Waals surface area (Å²) in [6, 6.07) is 12.4. The summed E-state index contributed by atoms with van der Waals surface area (Å²) in [5.74, 6) is -0.494. The van der Waals surface area contributed by atoms with E-state index < -0.39 is 21.5 Å². The van der Waals surface area contributed by atoms with Gasteiger partial charge in [0.2, 0.25) is 5.96 Å². The topological polar surface area (TPSA) is 70.6 Å². The number of hydrogen-bond acceptors (Lipinski definition) is 3. The molecular formula is C18H20F3N3O2S. The third kappa shape index (κ3) is 5.46. The quantitative estimate of drug-likeness (QED) is 0.603. The monoisotopic (exact) mass is 399 g/mol. The van der Waals surface area contributed by atoms with Gasteiger partial charge in [-0.05, 0) is 37.5 Å². The molecule has 2 N–H and O–H groups in total. The second-order valence-corrected chi connectivity index (χ2v) is 7.77. The van der Waals surface area contributed by atoms with Crippen molar-refractivity contribution in [3.8, 4) is 0 Å². The van der Waals surface area contributed by atoms with Crippen LogP contribution in [0.15, 0.2) is 47.5 Å². The van der Waals surface area contributed by atoms with Gasteiger partial charge < -0.3 is 5.32 Å². The fraction of sp³-hybridized carbons (Fsp3) is 0.278. The van der Waals surface area contributed by atoms with Crippen LogP contribution < -0.4 is 10.0 Å². The van der Waals surface area contributed by atoms with Crippen LogP contribution in [0.25, 0.3) is 0 Å². The molecule has 0 amide bonds. The highest BCUT2D eigenvalue weighted by Crippen LogP contribution is 2.24. The van der Waals surface area contributed by atoms with Crippen molar-refractivity contribution in [1.29, 1.82) is 0 Å². The molecule has 0 aromatic heterocycles. The van der Waals surface area contributed by atoms with E-state index >= 15 is 0 Å². The standard InChI is InChI=1S/C18H20F3N3O2S/c1-12-9-13(2)16(14(3)10-12)23-17(24-27(25,26)18(19,20)21)22-11-15-7-5-4-6-8-15/h4-10H,11H2,1-3H3,(H2,22,23,24). The van der Waals surface area contributed by atoms with Gasteiger partial charge in [-0.25, -0.2) is 9.71 Å². The zero-order valence-electron chi connectivity index (χ0n) is 15.1. The maximum atomic E-state index is 12.8. The van der Waals surface area contributed by atoms with Gasteiger partial charge in [0, 0.05) is 5.69 Å². The first-order valence-electron chi connectivity index (χ1n) is 8.02. The fourth-order valence-electron chi connectivity index (χ4n) is 2.53. The van der Waals surface area contributed by atoms with E-state index in [4.69, 9.17) is 0 Å². The summed E-state index contributed by atoms with van der Waals surface area (Å²) >= 11 is 0. The van der Waals surface area contributed by atoms with Crippen molar-refractivity contribution in [2.24, 2.45) is 4.99 Å². The van der Waals surface area contributed by atoms with E-state index in [-0.39, 0.29) is 6.54 Å². The summed E-state index contributed by atoms with van der Waals surface area (Å²) in [5, 5.41) is 2.70. The summed E-state index contributed by atoms with van der Waals surface area (Å²) in [6.07, 6.45) is 0. The molecule has 0 spiro atoms. The summed E-state index contributed by atoms with van der Waals surface area (Å²) < 4.78 is 62.9. The van der Waals surface area contributed by atoms with Gasteiger partial charge in [-0.3, -0.25) is 0 Å². The molecule has 0 aliphatic rings. The lowest BCUT2D eigenvalue weighted by Gasteiger charge is -2.18. The number of nitrogens with zero attached hydrogens (tertiary/aromatic N) is 1. The van der Waals surface area contributed by atoms with Crippen LogP contribution in [0.1, 0.15) is 22.3 Å². The van der Waals surface area contributed by atoms with Crippen molar-refractivity contribution >= 4 is 21.7 Å². The molecule has 9 heteroatoms. The lowest BCUT2D eigenvalue weighted by atomic mass is 10.1. The molecule has 0 fully saturated rings. The van der Waals surface area contributed by atoms with Gasteiger partial charge in [-0.15, -0.1) is 0 Å². The number of guanidine groups is 1. The highest BCUT2D eigenvalue weighted by Gasteiger charge is 2.46. The van der Waals surface area contributed by atoms with Crippen LogP contribution in [0.2, 0.25) is 0 Å². The number of benzene rings is 2. The molecule has 0 heterocycles. The molecule has 0 saturated heterocycles.